The first-order chi connectivity index (χ1) is 9.58. The van der Waals surface area contributed by atoms with E-state index < -0.39 is 0 Å². The van der Waals surface area contributed by atoms with Crippen molar-refractivity contribution in [1.82, 2.24) is 4.90 Å². The summed E-state index contributed by atoms with van der Waals surface area (Å²) in [7, 11) is 0. The molecule has 1 unspecified atom stereocenters. The molecule has 0 spiro atoms. The van der Waals surface area contributed by atoms with Gasteiger partial charge in [-0.25, -0.2) is 0 Å². The fraction of sp³-hybridized carbons (Fsp3) is 0.625. The number of ether oxygens (including phenoxy) is 1. The van der Waals surface area contributed by atoms with Gasteiger partial charge in [0.15, 0.2) is 0 Å². The van der Waals surface area contributed by atoms with Crippen LogP contribution in [-0.2, 0) is 0 Å². The second-order valence-electron chi connectivity index (χ2n) is 5.76. The Labute approximate surface area is 122 Å². The van der Waals surface area contributed by atoms with E-state index in [9.17, 15) is 0 Å². The van der Waals surface area contributed by atoms with Crippen molar-refractivity contribution >= 4 is 11.4 Å². The number of likely N-dealkylation sites (N-methyl/N-ethyl adjacent to an activating group) is 1. The van der Waals surface area contributed by atoms with Crippen molar-refractivity contribution in [2.75, 3.05) is 30.7 Å². The number of hydrogen-bond donors (Lipinski definition) is 2. The first-order valence-electron chi connectivity index (χ1n) is 7.63. The Morgan fingerprint density at radius 3 is 2.90 bits per heavy atom. The zero-order valence-electron chi connectivity index (χ0n) is 12.9. The summed E-state index contributed by atoms with van der Waals surface area (Å²) in [5, 5.41) is 3.50. The van der Waals surface area contributed by atoms with Gasteiger partial charge in [-0.1, -0.05) is 6.92 Å². The fourth-order valence-corrected chi connectivity index (χ4v) is 2.84. The Bertz CT molecular complexity index is 434. The summed E-state index contributed by atoms with van der Waals surface area (Å²) in [6, 6.07) is 6.51. The minimum Gasteiger partial charge on any atom is -0.491 e. The maximum Gasteiger partial charge on any atom is 0.123 e. The standard InChI is InChI=1S/C16H27N3O/c1-4-19-7-5-6-15(19)11-18-14-8-13(17)9-16(10-14)20-12(2)3/h8-10,12,15,18H,4-7,11,17H2,1-3H3. The van der Waals surface area contributed by atoms with Crippen LogP contribution in [0.5, 0.6) is 5.75 Å². The summed E-state index contributed by atoms with van der Waals surface area (Å²) in [6.07, 6.45) is 2.74. The smallest absolute Gasteiger partial charge is 0.123 e. The van der Waals surface area contributed by atoms with Crippen LogP contribution in [-0.4, -0.2) is 36.7 Å². The maximum atomic E-state index is 5.94. The van der Waals surface area contributed by atoms with Crippen LogP contribution in [0.1, 0.15) is 33.6 Å². The van der Waals surface area contributed by atoms with E-state index in [0.717, 1.165) is 30.2 Å². The Morgan fingerprint density at radius 2 is 2.20 bits per heavy atom. The van der Waals surface area contributed by atoms with Gasteiger partial charge >= 0.3 is 0 Å². The van der Waals surface area contributed by atoms with Gasteiger partial charge in [0.2, 0.25) is 0 Å². The van der Waals surface area contributed by atoms with Gasteiger partial charge in [0, 0.05) is 36.1 Å². The van der Waals surface area contributed by atoms with Gasteiger partial charge in [-0.2, -0.15) is 0 Å². The molecule has 0 bridgehead atoms. The molecule has 0 aliphatic carbocycles. The molecule has 0 amide bonds. The van der Waals surface area contributed by atoms with E-state index in [4.69, 9.17) is 10.5 Å². The molecule has 1 aromatic rings. The minimum atomic E-state index is 0.162. The highest BCUT2D eigenvalue weighted by atomic mass is 16.5. The molecule has 0 radical (unpaired) electrons. The molecular weight excluding hydrogens is 250 g/mol. The molecule has 1 aromatic carbocycles. The van der Waals surface area contributed by atoms with Crippen molar-refractivity contribution in [3.05, 3.63) is 18.2 Å². The molecule has 3 N–H and O–H groups in total. The molecule has 1 aliphatic rings. The van der Waals surface area contributed by atoms with Crippen LogP contribution in [0.25, 0.3) is 0 Å². The molecule has 20 heavy (non-hydrogen) atoms. The largest absolute Gasteiger partial charge is 0.491 e. The molecule has 0 aromatic heterocycles. The first-order valence-corrected chi connectivity index (χ1v) is 7.63. The van der Waals surface area contributed by atoms with Crippen LogP contribution in [0.15, 0.2) is 18.2 Å². The second kappa shape index (κ2) is 6.84. The first kappa shape index (κ1) is 15.0. The van der Waals surface area contributed by atoms with Crippen LogP contribution < -0.4 is 15.8 Å². The fourth-order valence-electron chi connectivity index (χ4n) is 2.84. The van der Waals surface area contributed by atoms with Gasteiger partial charge in [0.1, 0.15) is 5.75 Å². The van der Waals surface area contributed by atoms with E-state index in [-0.39, 0.29) is 6.10 Å². The molecule has 0 saturated carbocycles. The average molecular weight is 277 g/mol. The van der Waals surface area contributed by atoms with E-state index in [2.05, 4.69) is 17.1 Å². The number of nitrogen functional groups attached to an aromatic ring is 1. The van der Waals surface area contributed by atoms with E-state index in [0.29, 0.717) is 6.04 Å². The van der Waals surface area contributed by atoms with Crippen molar-refractivity contribution in [2.45, 2.75) is 45.8 Å². The van der Waals surface area contributed by atoms with Gasteiger partial charge in [0.05, 0.1) is 6.10 Å². The summed E-state index contributed by atoms with van der Waals surface area (Å²) in [5.74, 6) is 0.835. The Kier molecular flexibility index (Phi) is 5.12. The molecule has 2 rings (SSSR count). The Morgan fingerprint density at radius 1 is 1.40 bits per heavy atom. The molecule has 1 saturated heterocycles. The third kappa shape index (κ3) is 4.04. The van der Waals surface area contributed by atoms with Gasteiger partial charge in [-0.3, -0.25) is 4.90 Å². The third-order valence-corrected chi connectivity index (χ3v) is 3.75. The number of nitrogens with two attached hydrogens (primary N) is 1. The summed E-state index contributed by atoms with van der Waals surface area (Å²) in [5.41, 5.74) is 7.73. The zero-order chi connectivity index (χ0) is 14.5. The second-order valence-corrected chi connectivity index (χ2v) is 5.76. The monoisotopic (exact) mass is 277 g/mol. The summed E-state index contributed by atoms with van der Waals surface area (Å²) >= 11 is 0. The topological polar surface area (TPSA) is 50.5 Å². The van der Waals surface area contributed by atoms with Crippen LogP contribution in [0.2, 0.25) is 0 Å². The molecule has 4 nitrogen and oxygen atoms in total. The summed E-state index contributed by atoms with van der Waals surface area (Å²) in [4.78, 5) is 2.53. The molecule has 1 aliphatic heterocycles. The van der Waals surface area contributed by atoms with Crippen molar-refractivity contribution in [2.24, 2.45) is 0 Å². The van der Waals surface area contributed by atoms with E-state index >= 15 is 0 Å². The van der Waals surface area contributed by atoms with Gasteiger partial charge in [-0.05, 0) is 45.8 Å². The van der Waals surface area contributed by atoms with Gasteiger partial charge < -0.3 is 15.8 Å². The number of nitrogens with one attached hydrogen (secondary N) is 1. The SMILES string of the molecule is CCN1CCCC1CNc1cc(N)cc(OC(C)C)c1. The summed E-state index contributed by atoms with van der Waals surface area (Å²) in [6.45, 7) is 9.60. The number of anilines is 2. The Balaban J connectivity index is 1.96. The number of hydrogen-bond acceptors (Lipinski definition) is 4. The highest BCUT2D eigenvalue weighted by molar-refractivity contribution is 5.59. The van der Waals surface area contributed by atoms with E-state index in [1.807, 2.05) is 32.0 Å². The van der Waals surface area contributed by atoms with Crippen molar-refractivity contribution < 1.29 is 4.74 Å². The molecule has 112 valence electrons. The quantitative estimate of drug-likeness (QED) is 0.785. The predicted molar refractivity (Wildman–Crippen MR) is 85.4 cm³/mol. The van der Waals surface area contributed by atoms with Crippen LogP contribution in [0.3, 0.4) is 0 Å². The van der Waals surface area contributed by atoms with E-state index in [1.54, 1.807) is 0 Å². The minimum absolute atomic E-state index is 0.162. The highest BCUT2D eigenvalue weighted by Crippen LogP contribution is 2.24. The lowest BCUT2D eigenvalue weighted by molar-refractivity contribution is 0.242. The van der Waals surface area contributed by atoms with Gasteiger partial charge in [-0.15, -0.1) is 0 Å². The van der Waals surface area contributed by atoms with Crippen molar-refractivity contribution in [3.8, 4) is 5.75 Å². The van der Waals surface area contributed by atoms with Crippen LogP contribution >= 0.6 is 0 Å². The van der Waals surface area contributed by atoms with E-state index in [1.165, 1.54) is 19.4 Å². The lowest BCUT2D eigenvalue weighted by Crippen LogP contribution is -2.34. The number of rotatable bonds is 6. The zero-order valence-corrected chi connectivity index (χ0v) is 12.9. The van der Waals surface area contributed by atoms with Crippen LogP contribution in [0, 0.1) is 0 Å². The van der Waals surface area contributed by atoms with Gasteiger partial charge in [0.25, 0.3) is 0 Å². The average Bonchev–Trinajstić information content (AvgIpc) is 2.82. The highest BCUT2D eigenvalue weighted by Gasteiger charge is 2.22. The third-order valence-electron chi connectivity index (χ3n) is 3.75. The summed E-state index contributed by atoms with van der Waals surface area (Å²) < 4.78 is 5.72. The molecule has 1 atom stereocenters. The molecule has 1 fully saturated rings. The Hall–Kier alpha value is -1.42. The lowest BCUT2D eigenvalue weighted by Gasteiger charge is -2.23. The number of benzene rings is 1. The normalized spacial score (nSPS) is 19.5. The van der Waals surface area contributed by atoms with Crippen molar-refractivity contribution in [3.63, 3.8) is 0 Å². The molecule has 4 heteroatoms. The molecule has 1 heterocycles. The predicted octanol–water partition coefficient (Wildman–Crippen LogP) is 2.95. The van der Waals surface area contributed by atoms with Crippen LogP contribution in [0.4, 0.5) is 11.4 Å². The number of likely N-dealkylation sites (tertiary alicyclic amines) is 1. The molecular formula is C16H27N3O. The van der Waals surface area contributed by atoms with Crippen molar-refractivity contribution in [1.29, 1.82) is 0 Å². The number of nitrogens with zero attached hydrogens (tertiary/aromatic N) is 1. The maximum absolute atomic E-state index is 5.94. The lowest BCUT2D eigenvalue weighted by atomic mass is 10.2.